The number of hydrogen-bond donors (Lipinski definition) is 1. The van der Waals surface area contributed by atoms with E-state index >= 15 is 0 Å². The predicted molar refractivity (Wildman–Crippen MR) is 73.7 cm³/mol. The molecule has 0 fully saturated rings. The molecule has 0 amide bonds. The fourth-order valence-corrected chi connectivity index (χ4v) is 1.89. The number of esters is 1. The number of ether oxygens (including phenoxy) is 1. The second-order valence-electron chi connectivity index (χ2n) is 4.45. The molecule has 94 valence electrons. The van der Waals surface area contributed by atoms with Gasteiger partial charge in [0.15, 0.2) is 0 Å². The number of nitrogens with two attached hydrogens (primary N) is 1. The summed E-state index contributed by atoms with van der Waals surface area (Å²) in [6.07, 6.45) is 0. The van der Waals surface area contributed by atoms with Gasteiger partial charge in [-0.25, -0.2) is 4.79 Å². The van der Waals surface area contributed by atoms with Crippen molar-refractivity contribution in [1.29, 1.82) is 0 Å². The largest absolute Gasteiger partial charge is 0.456 e. The van der Waals surface area contributed by atoms with E-state index in [-0.39, 0.29) is 16.3 Å². The molecule has 0 unspecified atom stereocenters. The quantitative estimate of drug-likeness (QED) is 0.471. The average molecular weight is 341 g/mol. The van der Waals surface area contributed by atoms with Gasteiger partial charge in [-0.05, 0) is 42.8 Å². The zero-order valence-corrected chi connectivity index (χ0v) is 12.7. The maximum atomic E-state index is 11.9. The summed E-state index contributed by atoms with van der Waals surface area (Å²) in [5, 5.41) is 0.517. The van der Waals surface area contributed by atoms with E-state index in [4.69, 9.17) is 33.7 Å². The van der Waals surface area contributed by atoms with Crippen LogP contribution in [0, 0.1) is 0 Å². The number of hydrogen-bond acceptors (Lipinski definition) is 3. The van der Waals surface area contributed by atoms with Crippen LogP contribution in [0.4, 0.5) is 5.69 Å². The lowest BCUT2D eigenvalue weighted by molar-refractivity contribution is 0.00708. The molecule has 1 aromatic rings. The van der Waals surface area contributed by atoms with E-state index in [1.54, 1.807) is 20.8 Å². The zero-order chi connectivity index (χ0) is 13.4. The van der Waals surface area contributed by atoms with Crippen molar-refractivity contribution in [1.82, 2.24) is 0 Å². The van der Waals surface area contributed by atoms with Crippen molar-refractivity contribution < 1.29 is 9.53 Å². The molecule has 1 aromatic carbocycles. The minimum atomic E-state index is -0.602. The molecule has 0 aliphatic rings. The molecule has 6 heteroatoms. The maximum absolute atomic E-state index is 11.9. The minimum absolute atomic E-state index is 0.150. The van der Waals surface area contributed by atoms with E-state index in [1.807, 2.05) is 0 Å². The van der Waals surface area contributed by atoms with Crippen molar-refractivity contribution >= 4 is 50.8 Å². The van der Waals surface area contributed by atoms with Crippen molar-refractivity contribution in [2.24, 2.45) is 0 Å². The Kier molecular flexibility index (Phi) is 4.33. The third-order valence-corrected chi connectivity index (χ3v) is 3.79. The topological polar surface area (TPSA) is 52.3 Å². The van der Waals surface area contributed by atoms with Crippen LogP contribution in [0.3, 0.4) is 0 Å². The fourth-order valence-electron chi connectivity index (χ4n) is 1.11. The Bertz CT molecular complexity index is 470. The Labute approximate surface area is 118 Å². The lowest BCUT2D eigenvalue weighted by Gasteiger charge is -2.20. The van der Waals surface area contributed by atoms with Crippen LogP contribution in [-0.4, -0.2) is 11.6 Å². The smallest absolute Gasteiger partial charge is 0.340 e. The molecule has 0 saturated carbocycles. The van der Waals surface area contributed by atoms with Crippen LogP contribution in [0.15, 0.2) is 10.5 Å². The van der Waals surface area contributed by atoms with Gasteiger partial charge in [0.2, 0.25) is 0 Å². The highest BCUT2D eigenvalue weighted by Crippen LogP contribution is 2.37. The average Bonchev–Trinajstić information content (AvgIpc) is 2.17. The molecule has 2 N–H and O–H groups in total. The number of carbonyl (C=O) groups excluding carboxylic acids is 1. The van der Waals surface area contributed by atoms with Crippen LogP contribution in [0.5, 0.6) is 0 Å². The second-order valence-corrected chi connectivity index (χ2v) is 6.03. The summed E-state index contributed by atoms with van der Waals surface area (Å²) in [6.45, 7) is 5.30. The second kappa shape index (κ2) is 5.04. The van der Waals surface area contributed by atoms with Crippen molar-refractivity contribution in [3.05, 3.63) is 26.1 Å². The van der Waals surface area contributed by atoms with Gasteiger partial charge in [-0.15, -0.1) is 0 Å². The van der Waals surface area contributed by atoms with Crippen LogP contribution in [0.1, 0.15) is 31.1 Å². The predicted octanol–water partition coefficient (Wildman–Crippen LogP) is 4.29. The monoisotopic (exact) mass is 339 g/mol. The summed E-state index contributed by atoms with van der Waals surface area (Å²) in [5.41, 5.74) is 5.46. The van der Waals surface area contributed by atoms with Crippen LogP contribution >= 0.6 is 39.1 Å². The first-order valence-corrected chi connectivity index (χ1v) is 6.34. The van der Waals surface area contributed by atoms with Crippen molar-refractivity contribution in [2.45, 2.75) is 26.4 Å². The summed E-state index contributed by atoms with van der Waals surface area (Å²) in [7, 11) is 0. The molecule has 0 spiro atoms. The summed E-state index contributed by atoms with van der Waals surface area (Å²) >= 11 is 15.0. The van der Waals surface area contributed by atoms with E-state index in [9.17, 15) is 4.79 Å². The van der Waals surface area contributed by atoms with Crippen LogP contribution < -0.4 is 5.73 Å². The standard InChI is InChI=1S/C11H12BrCl2NO2/c1-11(2,3)17-10(16)5-4-6(13)7(12)8(14)9(5)15/h4H,15H2,1-3H3. The number of anilines is 1. The fraction of sp³-hybridized carbons (Fsp3) is 0.364. The SMILES string of the molecule is CC(C)(C)OC(=O)c1cc(Cl)c(Br)c(Cl)c1N. The molecule has 3 nitrogen and oxygen atoms in total. The van der Waals surface area contributed by atoms with Gasteiger partial charge in [-0.1, -0.05) is 23.2 Å². The lowest BCUT2D eigenvalue weighted by Crippen LogP contribution is -2.24. The summed E-state index contributed by atoms with van der Waals surface area (Å²) < 4.78 is 5.67. The number of rotatable bonds is 1. The van der Waals surface area contributed by atoms with Crippen molar-refractivity contribution in [3.8, 4) is 0 Å². The number of nitrogen functional groups attached to an aromatic ring is 1. The highest BCUT2D eigenvalue weighted by Gasteiger charge is 2.22. The molecule has 0 aromatic heterocycles. The lowest BCUT2D eigenvalue weighted by atomic mass is 10.1. The molecular weight excluding hydrogens is 329 g/mol. The van der Waals surface area contributed by atoms with E-state index in [2.05, 4.69) is 15.9 Å². The van der Waals surface area contributed by atoms with Crippen LogP contribution in [-0.2, 0) is 4.74 Å². The van der Waals surface area contributed by atoms with Gasteiger partial charge in [0.05, 0.1) is 25.8 Å². The Morgan fingerprint density at radius 1 is 1.41 bits per heavy atom. The van der Waals surface area contributed by atoms with E-state index in [0.717, 1.165) is 0 Å². The highest BCUT2D eigenvalue weighted by molar-refractivity contribution is 9.10. The molecule has 0 aliphatic heterocycles. The molecule has 0 aliphatic carbocycles. The zero-order valence-electron chi connectivity index (χ0n) is 9.61. The summed E-state index contributed by atoms with van der Waals surface area (Å²) in [4.78, 5) is 11.9. The van der Waals surface area contributed by atoms with Gasteiger partial charge in [-0.2, -0.15) is 0 Å². The third kappa shape index (κ3) is 3.50. The molecular formula is C11H12BrCl2NO2. The first-order chi connectivity index (χ1) is 7.63. The summed E-state index contributed by atoms with van der Waals surface area (Å²) in [5.74, 6) is -0.550. The van der Waals surface area contributed by atoms with E-state index in [0.29, 0.717) is 9.50 Å². The first kappa shape index (κ1) is 14.6. The van der Waals surface area contributed by atoms with Gasteiger partial charge < -0.3 is 10.5 Å². The first-order valence-electron chi connectivity index (χ1n) is 4.80. The Morgan fingerprint density at radius 3 is 2.41 bits per heavy atom. The van der Waals surface area contributed by atoms with Gasteiger partial charge >= 0.3 is 5.97 Å². The van der Waals surface area contributed by atoms with Gasteiger partial charge in [0.1, 0.15) is 5.60 Å². The van der Waals surface area contributed by atoms with Crippen molar-refractivity contribution in [3.63, 3.8) is 0 Å². The van der Waals surface area contributed by atoms with Gasteiger partial charge in [0, 0.05) is 0 Å². The van der Waals surface area contributed by atoms with Crippen molar-refractivity contribution in [2.75, 3.05) is 5.73 Å². The number of benzene rings is 1. The maximum Gasteiger partial charge on any atom is 0.340 e. The summed E-state index contributed by atoms with van der Waals surface area (Å²) in [6, 6.07) is 1.43. The number of carbonyl (C=O) groups is 1. The molecule has 0 atom stereocenters. The number of halogens is 3. The van der Waals surface area contributed by atoms with Crippen LogP contribution in [0.2, 0.25) is 10.0 Å². The van der Waals surface area contributed by atoms with Gasteiger partial charge in [0.25, 0.3) is 0 Å². The molecule has 17 heavy (non-hydrogen) atoms. The molecule has 0 heterocycles. The highest BCUT2D eigenvalue weighted by atomic mass is 79.9. The van der Waals surface area contributed by atoms with Gasteiger partial charge in [-0.3, -0.25) is 0 Å². The molecule has 0 radical (unpaired) electrons. The minimum Gasteiger partial charge on any atom is -0.456 e. The Morgan fingerprint density at radius 2 is 1.94 bits per heavy atom. The normalized spacial score (nSPS) is 11.4. The van der Waals surface area contributed by atoms with E-state index < -0.39 is 11.6 Å². The third-order valence-electron chi connectivity index (χ3n) is 1.82. The Balaban J connectivity index is 3.20. The molecule has 0 bridgehead atoms. The molecule has 1 rings (SSSR count). The Hall–Kier alpha value is -0.450. The van der Waals surface area contributed by atoms with Crippen LogP contribution in [0.25, 0.3) is 0 Å². The molecule has 0 saturated heterocycles. The van der Waals surface area contributed by atoms with E-state index in [1.165, 1.54) is 6.07 Å².